The summed E-state index contributed by atoms with van der Waals surface area (Å²) in [5, 5.41) is 3.25. The van der Waals surface area contributed by atoms with Crippen LogP contribution in [-0.2, 0) is 0 Å². The van der Waals surface area contributed by atoms with Gasteiger partial charge in [0.25, 0.3) is 0 Å². The van der Waals surface area contributed by atoms with Crippen LogP contribution in [0.5, 0.6) is 11.8 Å². The van der Waals surface area contributed by atoms with Gasteiger partial charge < -0.3 is 14.8 Å². The minimum absolute atomic E-state index is 0.529. The lowest BCUT2D eigenvalue weighted by Crippen LogP contribution is -2.20. The van der Waals surface area contributed by atoms with Crippen molar-refractivity contribution >= 4 is 5.57 Å². The lowest BCUT2D eigenvalue weighted by atomic mass is 10.1. The number of hydrogen-bond acceptors (Lipinski definition) is 5. The zero-order valence-corrected chi connectivity index (χ0v) is 9.49. The number of rotatable bonds is 3. The second kappa shape index (κ2) is 4.94. The predicted octanol–water partition coefficient (Wildman–Crippen LogP) is 0.870. The molecule has 0 saturated carbocycles. The van der Waals surface area contributed by atoms with Gasteiger partial charge in [0.15, 0.2) is 5.82 Å². The van der Waals surface area contributed by atoms with E-state index in [1.807, 2.05) is 0 Å². The molecular formula is C11H15N3O2. The highest BCUT2D eigenvalue weighted by Crippen LogP contribution is 2.22. The molecule has 2 rings (SSSR count). The maximum Gasteiger partial charge on any atom is 0.220 e. The topological polar surface area (TPSA) is 56.3 Å². The monoisotopic (exact) mass is 221 g/mol. The second-order valence-electron chi connectivity index (χ2n) is 3.46. The Labute approximate surface area is 94.5 Å². The van der Waals surface area contributed by atoms with Crippen molar-refractivity contribution in [3.05, 3.63) is 18.0 Å². The summed E-state index contributed by atoms with van der Waals surface area (Å²) in [5.74, 6) is 1.75. The van der Waals surface area contributed by atoms with Crippen LogP contribution < -0.4 is 14.8 Å². The highest BCUT2D eigenvalue weighted by molar-refractivity contribution is 5.61. The van der Waals surface area contributed by atoms with Gasteiger partial charge >= 0.3 is 0 Å². The molecule has 1 aromatic heterocycles. The average molecular weight is 221 g/mol. The van der Waals surface area contributed by atoms with E-state index in [0.29, 0.717) is 17.6 Å². The summed E-state index contributed by atoms with van der Waals surface area (Å²) >= 11 is 0. The molecule has 0 unspecified atom stereocenters. The Morgan fingerprint density at radius 2 is 1.88 bits per heavy atom. The third-order valence-corrected chi connectivity index (χ3v) is 2.45. The van der Waals surface area contributed by atoms with Crippen LogP contribution in [0.25, 0.3) is 5.57 Å². The van der Waals surface area contributed by atoms with Gasteiger partial charge in [0.2, 0.25) is 11.8 Å². The Morgan fingerprint density at radius 3 is 2.38 bits per heavy atom. The lowest BCUT2D eigenvalue weighted by Gasteiger charge is -2.13. The van der Waals surface area contributed by atoms with Crippen LogP contribution in [0, 0.1) is 0 Å². The van der Waals surface area contributed by atoms with Crippen LogP contribution in [0.15, 0.2) is 12.1 Å². The van der Waals surface area contributed by atoms with E-state index in [9.17, 15) is 0 Å². The molecule has 0 bridgehead atoms. The number of methoxy groups -OCH3 is 2. The summed E-state index contributed by atoms with van der Waals surface area (Å²) in [6.45, 7) is 1.81. The molecule has 5 heteroatoms. The average Bonchev–Trinajstić information content (AvgIpc) is 2.39. The largest absolute Gasteiger partial charge is 0.481 e. The van der Waals surface area contributed by atoms with E-state index in [1.54, 1.807) is 20.3 Å². The molecule has 1 N–H and O–H groups in total. The van der Waals surface area contributed by atoms with Gasteiger partial charge in [-0.15, -0.1) is 0 Å². The number of aromatic nitrogens is 2. The van der Waals surface area contributed by atoms with E-state index >= 15 is 0 Å². The predicted molar refractivity (Wildman–Crippen MR) is 60.6 cm³/mol. The van der Waals surface area contributed by atoms with Crippen molar-refractivity contribution in [1.29, 1.82) is 0 Å². The third-order valence-electron chi connectivity index (χ3n) is 2.45. The van der Waals surface area contributed by atoms with Crippen molar-refractivity contribution in [3.63, 3.8) is 0 Å². The van der Waals surface area contributed by atoms with Crippen molar-refractivity contribution in [2.24, 2.45) is 0 Å². The minimum Gasteiger partial charge on any atom is -0.481 e. The molecule has 0 saturated heterocycles. The van der Waals surface area contributed by atoms with Crippen LogP contribution in [-0.4, -0.2) is 37.3 Å². The van der Waals surface area contributed by atoms with Crippen molar-refractivity contribution in [3.8, 4) is 11.8 Å². The first-order valence-electron chi connectivity index (χ1n) is 5.20. The van der Waals surface area contributed by atoms with Crippen molar-refractivity contribution in [1.82, 2.24) is 15.3 Å². The molecule has 1 aliphatic rings. The molecule has 0 spiro atoms. The Morgan fingerprint density at radius 1 is 1.19 bits per heavy atom. The fourth-order valence-corrected chi connectivity index (χ4v) is 1.58. The molecular weight excluding hydrogens is 206 g/mol. The van der Waals surface area contributed by atoms with Gasteiger partial charge in [0.1, 0.15) is 0 Å². The van der Waals surface area contributed by atoms with Crippen LogP contribution in [0.1, 0.15) is 12.2 Å². The normalized spacial score (nSPS) is 15.5. The molecule has 1 aliphatic heterocycles. The van der Waals surface area contributed by atoms with E-state index in [4.69, 9.17) is 9.47 Å². The lowest BCUT2D eigenvalue weighted by molar-refractivity contribution is 0.370. The zero-order valence-electron chi connectivity index (χ0n) is 9.49. The van der Waals surface area contributed by atoms with E-state index in [1.165, 1.54) is 0 Å². The van der Waals surface area contributed by atoms with E-state index in [2.05, 4.69) is 21.4 Å². The van der Waals surface area contributed by atoms with E-state index < -0.39 is 0 Å². The summed E-state index contributed by atoms with van der Waals surface area (Å²) < 4.78 is 10.2. The summed E-state index contributed by atoms with van der Waals surface area (Å²) in [5.41, 5.74) is 1.14. The molecule has 86 valence electrons. The van der Waals surface area contributed by atoms with Gasteiger partial charge in [-0.2, -0.15) is 9.97 Å². The molecule has 5 nitrogen and oxygen atoms in total. The van der Waals surface area contributed by atoms with E-state index in [0.717, 1.165) is 25.1 Å². The molecule has 0 atom stereocenters. The standard InChI is InChI=1S/C11H15N3O2/c1-15-9-7-10(16-2)14-11(13-9)8-3-5-12-6-4-8/h3,7,12H,4-6H2,1-2H3. The first kappa shape index (κ1) is 10.9. The van der Waals surface area contributed by atoms with Gasteiger partial charge in [0.05, 0.1) is 20.3 Å². The van der Waals surface area contributed by atoms with E-state index in [-0.39, 0.29) is 0 Å². The molecule has 0 aliphatic carbocycles. The maximum absolute atomic E-state index is 5.11. The van der Waals surface area contributed by atoms with Crippen LogP contribution in [0.2, 0.25) is 0 Å². The Hall–Kier alpha value is -1.62. The quantitative estimate of drug-likeness (QED) is 0.820. The highest BCUT2D eigenvalue weighted by Gasteiger charge is 2.11. The first-order chi connectivity index (χ1) is 7.83. The minimum atomic E-state index is 0.529. The molecule has 16 heavy (non-hydrogen) atoms. The smallest absolute Gasteiger partial charge is 0.220 e. The molecule has 0 radical (unpaired) electrons. The van der Waals surface area contributed by atoms with Crippen LogP contribution >= 0.6 is 0 Å². The SMILES string of the molecule is COc1cc(OC)nc(C2=CCNCC2)n1. The Bertz CT molecular complexity index is 382. The van der Waals surface area contributed by atoms with Crippen molar-refractivity contribution < 1.29 is 9.47 Å². The Kier molecular flexibility index (Phi) is 3.36. The van der Waals surface area contributed by atoms with Crippen LogP contribution in [0.3, 0.4) is 0 Å². The summed E-state index contributed by atoms with van der Waals surface area (Å²) in [6, 6.07) is 1.67. The maximum atomic E-state index is 5.11. The van der Waals surface area contributed by atoms with Crippen molar-refractivity contribution in [2.45, 2.75) is 6.42 Å². The van der Waals surface area contributed by atoms with Gasteiger partial charge in [-0.25, -0.2) is 0 Å². The number of ether oxygens (including phenoxy) is 2. The van der Waals surface area contributed by atoms with Gasteiger partial charge in [-0.3, -0.25) is 0 Å². The summed E-state index contributed by atoms with van der Waals surface area (Å²) in [6.07, 6.45) is 3.02. The summed E-state index contributed by atoms with van der Waals surface area (Å²) in [7, 11) is 3.17. The first-order valence-corrected chi connectivity index (χ1v) is 5.20. The molecule has 0 amide bonds. The summed E-state index contributed by atoms with van der Waals surface area (Å²) in [4.78, 5) is 8.63. The molecule has 0 fully saturated rings. The Balaban J connectivity index is 2.35. The fraction of sp³-hybridized carbons (Fsp3) is 0.455. The number of nitrogens with zero attached hydrogens (tertiary/aromatic N) is 2. The van der Waals surface area contributed by atoms with Gasteiger partial charge in [-0.05, 0) is 18.5 Å². The third kappa shape index (κ3) is 2.30. The van der Waals surface area contributed by atoms with Crippen molar-refractivity contribution in [2.75, 3.05) is 27.3 Å². The highest BCUT2D eigenvalue weighted by atomic mass is 16.5. The number of nitrogens with one attached hydrogen (secondary N) is 1. The van der Waals surface area contributed by atoms with Crippen LogP contribution in [0.4, 0.5) is 0 Å². The molecule has 2 heterocycles. The van der Waals surface area contributed by atoms with Gasteiger partial charge in [-0.1, -0.05) is 6.08 Å². The van der Waals surface area contributed by atoms with Gasteiger partial charge in [0, 0.05) is 6.54 Å². The number of hydrogen-bond donors (Lipinski definition) is 1. The molecule has 1 aromatic rings. The zero-order chi connectivity index (χ0) is 11.4. The fourth-order valence-electron chi connectivity index (χ4n) is 1.58. The molecule has 0 aromatic carbocycles. The second-order valence-corrected chi connectivity index (χ2v) is 3.46.